The second-order valence-electron chi connectivity index (χ2n) is 3.90. The average molecular weight is 225 g/mol. The molecule has 0 aliphatic rings. The van der Waals surface area contributed by atoms with Crippen LogP contribution in [0.1, 0.15) is 12.0 Å². The molecule has 3 nitrogen and oxygen atoms in total. The Kier molecular flexibility index (Phi) is 4.06. The van der Waals surface area contributed by atoms with Gasteiger partial charge in [0.05, 0.1) is 11.6 Å². The van der Waals surface area contributed by atoms with Gasteiger partial charge in [0.2, 0.25) is 0 Å². The summed E-state index contributed by atoms with van der Waals surface area (Å²) in [4.78, 5) is 4.42. The van der Waals surface area contributed by atoms with Crippen LogP contribution in [-0.2, 0) is 6.42 Å². The fourth-order valence-electron chi connectivity index (χ4n) is 1.86. The lowest BCUT2D eigenvalue weighted by atomic mass is 10.1. The Balaban J connectivity index is 2.01. The number of hydrogen-bond acceptors (Lipinski definition) is 3. The van der Waals surface area contributed by atoms with E-state index in [1.165, 1.54) is 10.9 Å². The first kappa shape index (κ1) is 11.6. The molecule has 86 valence electrons. The Morgan fingerprint density at radius 1 is 1.18 bits per heavy atom. The average Bonchev–Trinajstić information content (AvgIpc) is 2.39. The van der Waals surface area contributed by atoms with E-state index in [0.29, 0.717) is 6.42 Å². The zero-order valence-corrected chi connectivity index (χ0v) is 9.69. The van der Waals surface area contributed by atoms with Gasteiger partial charge in [-0.3, -0.25) is 4.98 Å². The van der Waals surface area contributed by atoms with Gasteiger partial charge in [-0.2, -0.15) is 5.26 Å². The summed E-state index contributed by atoms with van der Waals surface area (Å²) in [5.74, 6) is 0. The van der Waals surface area contributed by atoms with Crippen LogP contribution in [0, 0.1) is 11.3 Å². The number of pyridine rings is 1. The van der Waals surface area contributed by atoms with E-state index in [1.807, 2.05) is 12.3 Å². The van der Waals surface area contributed by atoms with E-state index in [2.05, 4.69) is 40.6 Å². The van der Waals surface area contributed by atoms with Gasteiger partial charge in [-0.15, -0.1) is 0 Å². The van der Waals surface area contributed by atoms with Gasteiger partial charge in [-0.1, -0.05) is 24.3 Å². The zero-order valence-electron chi connectivity index (χ0n) is 9.69. The van der Waals surface area contributed by atoms with Gasteiger partial charge >= 0.3 is 0 Å². The summed E-state index contributed by atoms with van der Waals surface area (Å²) >= 11 is 0. The van der Waals surface area contributed by atoms with E-state index in [0.717, 1.165) is 25.0 Å². The minimum Gasteiger partial charge on any atom is -0.315 e. The Hall–Kier alpha value is -1.92. The molecular weight excluding hydrogens is 210 g/mol. The van der Waals surface area contributed by atoms with Crippen LogP contribution in [0.3, 0.4) is 0 Å². The van der Waals surface area contributed by atoms with Crippen molar-refractivity contribution in [1.82, 2.24) is 10.3 Å². The van der Waals surface area contributed by atoms with Crippen molar-refractivity contribution in [3.8, 4) is 6.07 Å². The number of fused-ring (bicyclic) bond motifs is 1. The molecule has 0 aliphatic heterocycles. The van der Waals surface area contributed by atoms with Gasteiger partial charge in [-0.25, -0.2) is 0 Å². The molecule has 1 aromatic heterocycles. The highest BCUT2D eigenvalue weighted by Crippen LogP contribution is 2.15. The smallest absolute Gasteiger partial charge is 0.0734 e. The molecule has 0 amide bonds. The van der Waals surface area contributed by atoms with Gasteiger partial charge in [0.25, 0.3) is 0 Å². The van der Waals surface area contributed by atoms with Crippen LogP contribution in [0.4, 0.5) is 0 Å². The molecule has 17 heavy (non-hydrogen) atoms. The summed E-state index contributed by atoms with van der Waals surface area (Å²) < 4.78 is 0. The number of para-hydroxylation sites is 1. The van der Waals surface area contributed by atoms with Crippen molar-refractivity contribution >= 4 is 10.9 Å². The Morgan fingerprint density at radius 3 is 2.94 bits per heavy atom. The fraction of sp³-hybridized carbons (Fsp3) is 0.286. The minimum atomic E-state index is 0.563. The van der Waals surface area contributed by atoms with Crippen molar-refractivity contribution in [2.75, 3.05) is 13.1 Å². The van der Waals surface area contributed by atoms with Crippen LogP contribution in [0.25, 0.3) is 10.9 Å². The number of benzene rings is 1. The maximum atomic E-state index is 8.42. The summed E-state index contributed by atoms with van der Waals surface area (Å²) in [6, 6.07) is 12.4. The normalized spacial score (nSPS) is 10.3. The summed E-state index contributed by atoms with van der Waals surface area (Å²) in [5, 5.41) is 12.9. The first-order valence-electron chi connectivity index (χ1n) is 5.82. The number of nitriles is 1. The Morgan fingerprint density at radius 2 is 2.06 bits per heavy atom. The Bertz CT molecular complexity index is 523. The topological polar surface area (TPSA) is 48.7 Å². The quantitative estimate of drug-likeness (QED) is 0.794. The van der Waals surface area contributed by atoms with Gasteiger partial charge in [0.1, 0.15) is 0 Å². The van der Waals surface area contributed by atoms with Crippen LogP contribution in [-0.4, -0.2) is 18.1 Å². The van der Waals surface area contributed by atoms with Crippen LogP contribution >= 0.6 is 0 Å². The van der Waals surface area contributed by atoms with Gasteiger partial charge in [0.15, 0.2) is 0 Å². The lowest BCUT2D eigenvalue weighted by Gasteiger charge is -2.06. The molecule has 1 heterocycles. The molecule has 0 aliphatic carbocycles. The highest BCUT2D eigenvalue weighted by atomic mass is 14.8. The monoisotopic (exact) mass is 225 g/mol. The lowest BCUT2D eigenvalue weighted by molar-refractivity contribution is 0.693. The molecule has 0 fully saturated rings. The maximum Gasteiger partial charge on any atom is 0.0734 e. The third-order valence-electron chi connectivity index (χ3n) is 2.70. The molecule has 0 saturated carbocycles. The van der Waals surface area contributed by atoms with Crippen molar-refractivity contribution in [3.05, 3.63) is 42.1 Å². The van der Waals surface area contributed by atoms with Gasteiger partial charge in [0, 0.05) is 24.5 Å². The van der Waals surface area contributed by atoms with Crippen LogP contribution in [0.2, 0.25) is 0 Å². The van der Waals surface area contributed by atoms with E-state index in [-0.39, 0.29) is 0 Å². The van der Waals surface area contributed by atoms with E-state index in [1.54, 1.807) is 0 Å². The van der Waals surface area contributed by atoms with Gasteiger partial charge < -0.3 is 5.32 Å². The van der Waals surface area contributed by atoms with E-state index < -0.39 is 0 Å². The maximum absolute atomic E-state index is 8.42. The van der Waals surface area contributed by atoms with Gasteiger partial charge in [-0.05, 0) is 24.6 Å². The van der Waals surface area contributed by atoms with Crippen LogP contribution in [0.15, 0.2) is 36.5 Å². The first-order chi connectivity index (χ1) is 8.42. The standard InChI is InChI=1S/C14H15N3/c15-8-3-9-16-11-7-13-5-1-4-12-6-2-10-17-14(12)13/h1-2,4-6,10,16H,3,7,9,11H2. The minimum absolute atomic E-state index is 0.563. The molecule has 0 atom stereocenters. The van der Waals surface area contributed by atoms with Crippen molar-refractivity contribution in [2.24, 2.45) is 0 Å². The lowest BCUT2D eigenvalue weighted by Crippen LogP contribution is -2.18. The zero-order chi connectivity index (χ0) is 11.9. The second kappa shape index (κ2) is 5.97. The third-order valence-corrected chi connectivity index (χ3v) is 2.70. The highest BCUT2D eigenvalue weighted by Gasteiger charge is 2.00. The summed E-state index contributed by atoms with van der Waals surface area (Å²) in [7, 11) is 0. The largest absolute Gasteiger partial charge is 0.315 e. The van der Waals surface area contributed by atoms with E-state index >= 15 is 0 Å². The van der Waals surface area contributed by atoms with Crippen molar-refractivity contribution in [1.29, 1.82) is 5.26 Å². The number of aromatic nitrogens is 1. The summed E-state index contributed by atoms with van der Waals surface area (Å²) in [5.41, 5.74) is 2.34. The molecule has 0 unspecified atom stereocenters. The molecule has 0 bridgehead atoms. The molecular formula is C14H15N3. The number of nitrogens with one attached hydrogen (secondary N) is 1. The predicted octanol–water partition coefficient (Wildman–Crippen LogP) is 2.28. The molecule has 1 N–H and O–H groups in total. The molecule has 0 spiro atoms. The molecule has 2 rings (SSSR count). The number of rotatable bonds is 5. The Labute approximate surface area is 101 Å². The van der Waals surface area contributed by atoms with E-state index in [9.17, 15) is 0 Å². The third kappa shape index (κ3) is 3.02. The fourth-order valence-corrected chi connectivity index (χ4v) is 1.86. The highest BCUT2D eigenvalue weighted by molar-refractivity contribution is 5.81. The second-order valence-corrected chi connectivity index (χ2v) is 3.90. The molecule has 0 radical (unpaired) electrons. The van der Waals surface area contributed by atoms with Crippen LogP contribution < -0.4 is 5.32 Å². The summed E-state index contributed by atoms with van der Waals surface area (Å²) in [6.07, 6.45) is 3.34. The molecule has 0 saturated heterocycles. The van der Waals surface area contributed by atoms with Crippen molar-refractivity contribution in [3.63, 3.8) is 0 Å². The first-order valence-corrected chi connectivity index (χ1v) is 5.82. The SMILES string of the molecule is N#CCCNCCc1cccc2cccnc12. The van der Waals surface area contributed by atoms with Crippen molar-refractivity contribution < 1.29 is 0 Å². The predicted molar refractivity (Wildman–Crippen MR) is 68.5 cm³/mol. The molecule has 3 heteroatoms. The molecule has 1 aromatic carbocycles. The van der Waals surface area contributed by atoms with Crippen LogP contribution in [0.5, 0.6) is 0 Å². The number of hydrogen-bond donors (Lipinski definition) is 1. The number of nitrogens with zero attached hydrogens (tertiary/aromatic N) is 2. The molecule has 2 aromatic rings. The van der Waals surface area contributed by atoms with Crippen molar-refractivity contribution in [2.45, 2.75) is 12.8 Å². The summed E-state index contributed by atoms with van der Waals surface area (Å²) in [6.45, 7) is 1.64. The van der Waals surface area contributed by atoms with E-state index in [4.69, 9.17) is 5.26 Å².